The van der Waals surface area contributed by atoms with Crippen LogP contribution in [0.15, 0.2) is 12.4 Å². The third kappa shape index (κ3) is 4.44. The summed E-state index contributed by atoms with van der Waals surface area (Å²) in [5.74, 6) is 0.221. The summed E-state index contributed by atoms with van der Waals surface area (Å²) in [6.45, 7) is 4.45. The highest BCUT2D eigenvalue weighted by Gasteiger charge is 2.51. The van der Waals surface area contributed by atoms with Crippen molar-refractivity contribution in [3.05, 3.63) is 22.4 Å². The van der Waals surface area contributed by atoms with E-state index in [1.807, 2.05) is 9.80 Å². The van der Waals surface area contributed by atoms with Gasteiger partial charge in [0.25, 0.3) is 0 Å². The molecular weight excluding hydrogens is 477 g/mol. The number of aliphatic hydroxyl groups is 1. The highest BCUT2D eigenvalue weighted by Crippen LogP contribution is 2.43. The molecule has 4 heterocycles. The first-order valence-electron chi connectivity index (χ1n) is 12.4. The third-order valence-corrected chi connectivity index (χ3v) is 8.75. The topological polar surface area (TPSA) is 80.2 Å². The van der Waals surface area contributed by atoms with Crippen molar-refractivity contribution in [2.75, 3.05) is 50.7 Å². The van der Waals surface area contributed by atoms with Crippen LogP contribution >= 0.6 is 23.2 Å². The van der Waals surface area contributed by atoms with Crippen LogP contribution in [0.5, 0.6) is 0 Å². The zero-order chi connectivity index (χ0) is 23.9. The standard InChI is InChI=1S/C24H33Cl2N5O3/c25-19-14-27-15-20(26)21(19)28-10-12-29(13-11-28)23(34)30-8-1-6-24(16-30)7-9-31(22(24)33)17-2-4-18(32)5-3-17/h14-15,17-18,32H,1-13,16H2/t17?,18?,24-/m1/s1. The molecule has 0 bridgehead atoms. The van der Waals surface area contributed by atoms with Gasteiger partial charge < -0.3 is 24.7 Å². The Hall–Kier alpha value is -1.77. The minimum Gasteiger partial charge on any atom is -0.393 e. The van der Waals surface area contributed by atoms with Crippen molar-refractivity contribution in [1.82, 2.24) is 19.7 Å². The molecule has 1 N–H and O–H groups in total. The Morgan fingerprint density at radius 2 is 1.62 bits per heavy atom. The lowest BCUT2D eigenvalue weighted by Crippen LogP contribution is -2.57. The van der Waals surface area contributed by atoms with Gasteiger partial charge in [0.15, 0.2) is 0 Å². The quantitative estimate of drug-likeness (QED) is 0.661. The van der Waals surface area contributed by atoms with E-state index in [2.05, 4.69) is 14.8 Å². The molecule has 3 aliphatic heterocycles. The van der Waals surface area contributed by atoms with E-state index in [0.717, 1.165) is 57.2 Å². The molecule has 1 aromatic rings. The van der Waals surface area contributed by atoms with Gasteiger partial charge >= 0.3 is 6.03 Å². The van der Waals surface area contributed by atoms with Crippen LogP contribution in [0.2, 0.25) is 10.0 Å². The smallest absolute Gasteiger partial charge is 0.320 e. The average molecular weight is 510 g/mol. The van der Waals surface area contributed by atoms with Gasteiger partial charge in [0.2, 0.25) is 5.91 Å². The molecule has 186 valence electrons. The van der Waals surface area contributed by atoms with Crippen molar-refractivity contribution in [2.24, 2.45) is 5.41 Å². The minimum atomic E-state index is -0.441. The number of pyridine rings is 1. The second-order valence-corrected chi connectivity index (χ2v) is 11.0. The van der Waals surface area contributed by atoms with Crippen LogP contribution in [0.3, 0.4) is 0 Å². The van der Waals surface area contributed by atoms with E-state index in [0.29, 0.717) is 49.3 Å². The van der Waals surface area contributed by atoms with Crippen LogP contribution in [-0.2, 0) is 4.79 Å². The van der Waals surface area contributed by atoms with Gasteiger partial charge in [0, 0.05) is 64.2 Å². The Bertz CT molecular complexity index is 913. The number of nitrogens with zero attached hydrogens (tertiary/aromatic N) is 5. The molecule has 3 saturated heterocycles. The fraction of sp³-hybridized carbons (Fsp3) is 0.708. The van der Waals surface area contributed by atoms with Crippen LogP contribution in [0.4, 0.5) is 10.5 Å². The van der Waals surface area contributed by atoms with Crippen molar-refractivity contribution < 1.29 is 14.7 Å². The maximum absolute atomic E-state index is 13.5. The number of aromatic nitrogens is 1. The maximum atomic E-state index is 13.5. The molecule has 1 aromatic heterocycles. The molecule has 8 nitrogen and oxygen atoms in total. The summed E-state index contributed by atoms with van der Waals surface area (Å²) in [6.07, 6.45) is 8.78. The number of hydrogen-bond donors (Lipinski definition) is 1. The normalized spacial score (nSPS) is 30.4. The third-order valence-electron chi connectivity index (χ3n) is 8.19. The average Bonchev–Trinajstić information content (AvgIpc) is 3.14. The number of aliphatic hydroxyl groups excluding tert-OH is 1. The van der Waals surface area contributed by atoms with Crippen LogP contribution in [0.1, 0.15) is 44.9 Å². The molecule has 1 aliphatic carbocycles. The number of piperazine rings is 1. The zero-order valence-corrected chi connectivity index (χ0v) is 21.0. The Kier molecular flexibility index (Phi) is 6.84. The van der Waals surface area contributed by atoms with Crippen molar-refractivity contribution in [1.29, 1.82) is 0 Å². The van der Waals surface area contributed by atoms with Crippen LogP contribution in [0, 0.1) is 5.41 Å². The highest BCUT2D eigenvalue weighted by molar-refractivity contribution is 6.38. The summed E-state index contributed by atoms with van der Waals surface area (Å²) in [5, 5.41) is 10.9. The number of likely N-dealkylation sites (tertiary alicyclic amines) is 2. The SMILES string of the molecule is O=C(N1CCN(c2c(Cl)cncc2Cl)CC1)N1CCC[C@@]2(CCN(C3CCC(O)CC3)C2=O)C1. The van der Waals surface area contributed by atoms with Crippen LogP contribution < -0.4 is 4.90 Å². The largest absolute Gasteiger partial charge is 0.393 e. The number of urea groups is 1. The molecule has 10 heteroatoms. The molecule has 0 unspecified atom stereocenters. The van der Waals surface area contributed by atoms with Crippen molar-refractivity contribution in [3.63, 3.8) is 0 Å². The minimum absolute atomic E-state index is 0.0256. The molecule has 0 aromatic carbocycles. The number of hydrogen-bond acceptors (Lipinski definition) is 5. The number of carbonyl (C=O) groups excluding carboxylic acids is 2. The highest BCUT2D eigenvalue weighted by atomic mass is 35.5. The predicted molar refractivity (Wildman–Crippen MR) is 131 cm³/mol. The molecule has 1 spiro atoms. The van der Waals surface area contributed by atoms with Crippen LogP contribution in [-0.4, -0.2) is 94.7 Å². The first kappa shape index (κ1) is 23.9. The zero-order valence-electron chi connectivity index (χ0n) is 19.5. The van der Waals surface area contributed by atoms with E-state index in [1.165, 1.54) is 0 Å². The molecule has 1 atom stereocenters. The fourth-order valence-corrected chi connectivity index (χ4v) is 6.87. The van der Waals surface area contributed by atoms with Gasteiger partial charge in [0.1, 0.15) is 0 Å². The maximum Gasteiger partial charge on any atom is 0.320 e. The number of carbonyl (C=O) groups is 2. The predicted octanol–water partition coefficient (Wildman–Crippen LogP) is 3.25. The molecule has 34 heavy (non-hydrogen) atoms. The van der Waals surface area contributed by atoms with E-state index >= 15 is 0 Å². The molecule has 4 fully saturated rings. The summed E-state index contributed by atoms with van der Waals surface area (Å²) in [7, 11) is 0. The van der Waals surface area contributed by atoms with Gasteiger partial charge in [-0.1, -0.05) is 23.2 Å². The van der Waals surface area contributed by atoms with Gasteiger partial charge in [-0.25, -0.2) is 4.79 Å². The molecular formula is C24H33Cl2N5O3. The Balaban J connectivity index is 1.20. The second-order valence-electron chi connectivity index (χ2n) is 10.2. The molecule has 5 rings (SSSR count). The van der Waals surface area contributed by atoms with Gasteiger partial charge in [-0.15, -0.1) is 0 Å². The van der Waals surface area contributed by atoms with Gasteiger partial charge in [0.05, 0.1) is 27.3 Å². The van der Waals surface area contributed by atoms with E-state index in [-0.39, 0.29) is 24.1 Å². The fourth-order valence-electron chi connectivity index (χ4n) is 6.27. The summed E-state index contributed by atoms with van der Waals surface area (Å²) in [5.41, 5.74) is 0.332. The summed E-state index contributed by atoms with van der Waals surface area (Å²) < 4.78 is 0. The van der Waals surface area contributed by atoms with Gasteiger partial charge in [-0.05, 0) is 44.9 Å². The monoisotopic (exact) mass is 509 g/mol. The second kappa shape index (κ2) is 9.70. The Morgan fingerprint density at radius 3 is 2.29 bits per heavy atom. The van der Waals surface area contributed by atoms with Crippen molar-refractivity contribution in [3.8, 4) is 0 Å². The van der Waals surface area contributed by atoms with Gasteiger partial charge in [-0.2, -0.15) is 0 Å². The molecule has 3 amide bonds. The Labute approximate surface area is 210 Å². The molecule has 0 radical (unpaired) electrons. The Morgan fingerprint density at radius 1 is 0.941 bits per heavy atom. The molecule has 4 aliphatic rings. The number of halogens is 2. The summed E-state index contributed by atoms with van der Waals surface area (Å²) in [4.78, 5) is 38.9. The van der Waals surface area contributed by atoms with Crippen molar-refractivity contribution in [2.45, 2.75) is 57.1 Å². The van der Waals surface area contributed by atoms with E-state index in [1.54, 1.807) is 12.4 Å². The number of piperidine rings is 1. The van der Waals surface area contributed by atoms with Gasteiger partial charge in [-0.3, -0.25) is 9.78 Å². The van der Waals surface area contributed by atoms with E-state index < -0.39 is 5.41 Å². The van der Waals surface area contributed by atoms with E-state index in [4.69, 9.17) is 23.2 Å². The van der Waals surface area contributed by atoms with Crippen LogP contribution in [0.25, 0.3) is 0 Å². The lowest BCUT2D eigenvalue weighted by molar-refractivity contribution is -0.141. The first-order chi connectivity index (χ1) is 16.4. The molecule has 1 saturated carbocycles. The lowest BCUT2D eigenvalue weighted by Gasteiger charge is -2.43. The van der Waals surface area contributed by atoms with Crippen molar-refractivity contribution >= 4 is 40.8 Å². The summed E-state index contributed by atoms with van der Waals surface area (Å²) >= 11 is 12.6. The van der Waals surface area contributed by atoms with E-state index in [9.17, 15) is 14.7 Å². The first-order valence-corrected chi connectivity index (χ1v) is 13.2. The number of anilines is 1. The number of amides is 3. The number of rotatable bonds is 2. The summed E-state index contributed by atoms with van der Waals surface area (Å²) in [6, 6.07) is 0.263. The lowest BCUT2D eigenvalue weighted by atomic mass is 9.78.